The third-order valence-electron chi connectivity index (χ3n) is 4.23. The van der Waals surface area contributed by atoms with Crippen molar-refractivity contribution in [3.8, 4) is 0 Å². The molecule has 35 heavy (non-hydrogen) atoms. The summed E-state index contributed by atoms with van der Waals surface area (Å²) in [6.45, 7) is 3.32. The minimum absolute atomic E-state index is 0. The number of benzene rings is 1. The fourth-order valence-corrected chi connectivity index (χ4v) is 2.65. The Morgan fingerprint density at radius 3 is 1.29 bits per heavy atom. The maximum atomic E-state index is 11.5. The van der Waals surface area contributed by atoms with Crippen LogP contribution in [0.25, 0.3) is 22.8 Å². The van der Waals surface area contributed by atoms with E-state index in [4.69, 9.17) is 20.4 Å². The fourth-order valence-electron chi connectivity index (χ4n) is 2.65. The zero-order valence-corrected chi connectivity index (χ0v) is 19.5. The molecule has 13 heteroatoms. The van der Waals surface area contributed by atoms with Crippen LogP contribution in [0.4, 0.5) is 37.7 Å². The van der Waals surface area contributed by atoms with Crippen molar-refractivity contribution in [1.82, 2.24) is 0 Å². The molecule has 0 spiro atoms. The summed E-state index contributed by atoms with van der Waals surface area (Å²) >= 11 is 0. The van der Waals surface area contributed by atoms with Gasteiger partial charge in [0.25, 0.3) is 0 Å². The first-order valence-electron chi connectivity index (χ1n) is 10.1. The van der Waals surface area contributed by atoms with Crippen molar-refractivity contribution in [3.63, 3.8) is 0 Å². The number of fused-ring (bicyclic) bond motifs is 3. The molecule has 4 unspecified atom stereocenters. The Kier molecular flexibility index (Phi) is 13.7. The zero-order chi connectivity index (χ0) is 26.1. The first-order valence-corrected chi connectivity index (χ1v) is 10.1. The maximum Gasteiger partial charge on any atom is 2.00 e. The topological polar surface area (TPSA) is 109 Å². The summed E-state index contributed by atoms with van der Waals surface area (Å²) in [5.41, 5.74) is 1.95. The number of nitrogens with zero attached hydrogens (tertiary/aromatic N) is 2. The molecular weight excluding hydrogens is 534 g/mol. The van der Waals surface area contributed by atoms with Gasteiger partial charge in [-0.05, 0) is 30.7 Å². The Bertz CT molecular complexity index is 887. The molecule has 0 bridgehead atoms. The smallest absolute Gasteiger partial charge is 0.665 e. The van der Waals surface area contributed by atoms with Crippen LogP contribution >= 0.6 is 0 Å². The Balaban J connectivity index is 0.000000517. The number of aliphatic hydroxyl groups is 4. The second kappa shape index (κ2) is 14.5. The maximum absolute atomic E-state index is 11.5. The van der Waals surface area contributed by atoms with E-state index < -0.39 is 31.0 Å². The van der Waals surface area contributed by atoms with E-state index in [1.807, 2.05) is 12.2 Å². The van der Waals surface area contributed by atoms with Crippen molar-refractivity contribution in [2.45, 2.75) is 63.5 Å². The van der Waals surface area contributed by atoms with Crippen LogP contribution in [0.3, 0.4) is 0 Å². The van der Waals surface area contributed by atoms with Crippen LogP contribution in [0.5, 0.6) is 0 Å². The molecule has 0 aromatic heterocycles. The Labute approximate surface area is 208 Å². The number of aliphatic hydroxyl groups excluding tert-OH is 4. The Morgan fingerprint density at radius 1 is 0.686 bits per heavy atom. The van der Waals surface area contributed by atoms with Gasteiger partial charge in [-0.2, -0.15) is 38.7 Å². The molecule has 4 N–H and O–H groups in total. The minimum atomic E-state index is -5.15. The van der Waals surface area contributed by atoms with Gasteiger partial charge in [-0.15, -0.1) is 11.4 Å². The molecule has 201 valence electrons. The molecule has 2 aliphatic rings. The average Bonchev–Trinajstić information content (AvgIpc) is 2.72. The van der Waals surface area contributed by atoms with Crippen LogP contribution < -0.4 is 10.4 Å². The number of hydrogen-bond donors (Lipinski definition) is 4. The molecule has 1 radical (unpaired) electrons. The molecule has 2 heterocycles. The monoisotopic (exact) mass is 559 g/mol. The molecule has 0 aliphatic carbocycles. The molecule has 0 saturated heterocycles. The molecule has 0 fully saturated rings. The second-order valence-electron chi connectivity index (χ2n) is 7.50. The fraction of sp³-hybridized carbons (Fsp3) is 0.455. The van der Waals surface area contributed by atoms with Gasteiger partial charge in [0.2, 0.25) is 0 Å². The van der Waals surface area contributed by atoms with E-state index in [9.17, 15) is 26.3 Å². The number of allylic oxidation sites excluding steroid dienone is 2. The normalized spacial score (nSPS) is 16.8. The first kappa shape index (κ1) is 33.0. The van der Waals surface area contributed by atoms with Gasteiger partial charge in [-0.1, -0.05) is 36.4 Å². The molecule has 1 aromatic carbocycles. The van der Waals surface area contributed by atoms with Crippen molar-refractivity contribution in [2.75, 3.05) is 0 Å². The molecule has 1 aromatic rings. The van der Waals surface area contributed by atoms with Crippen LogP contribution in [0.1, 0.15) is 26.7 Å². The molecule has 2 aliphatic heterocycles. The predicted molar refractivity (Wildman–Crippen MR) is 116 cm³/mol. The summed E-state index contributed by atoms with van der Waals surface area (Å²) in [4.78, 5) is 0. The van der Waals surface area contributed by atoms with Crippen molar-refractivity contribution in [2.24, 2.45) is 0 Å². The average molecular weight is 560 g/mol. The van der Waals surface area contributed by atoms with Gasteiger partial charge in [-0.25, -0.2) is 0 Å². The summed E-state index contributed by atoms with van der Waals surface area (Å²) in [5, 5.41) is 44.4. The van der Waals surface area contributed by atoms with Gasteiger partial charge < -0.3 is 31.1 Å². The Morgan fingerprint density at radius 2 is 1.03 bits per heavy atom. The van der Waals surface area contributed by atoms with Gasteiger partial charge in [0.05, 0.1) is 12.2 Å². The van der Waals surface area contributed by atoms with Crippen molar-refractivity contribution >= 4 is 23.5 Å². The van der Waals surface area contributed by atoms with E-state index in [0.29, 0.717) is 6.42 Å². The summed E-state index contributed by atoms with van der Waals surface area (Å²) in [5.74, 6) is 0. The van der Waals surface area contributed by atoms with Crippen LogP contribution in [-0.4, -0.2) is 57.2 Å². The van der Waals surface area contributed by atoms with Gasteiger partial charge in [-0.3, -0.25) is 0 Å². The van der Waals surface area contributed by atoms with Gasteiger partial charge in [0, 0.05) is 6.42 Å². The van der Waals surface area contributed by atoms with E-state index in [1.165, 1.54) is 0 Å². The summed E-state index contributed by atoms with van der Waals surface area (Å²) in [6.07, 6.45) is -7.10. The first-order chi connectivity index (χ1) is 15.6. The second-order valence-corrected chi connectivity index (χ2v) is 7.50. The van der Waals surface area contributed by atoms with Crippen LogP contribution in [0.15, 0.2) is 36.7 Å². The third-order valence-corrected chi connectivity index (χ3v) is 4.23. The molecule has 0 amide bonds. The number of rotatable bonds is 4. The molecule has 6 nitrogen and oxygen atoms in total. The van der Waals surface area contributed by atoms with Crippen molar-refractivity contribution in [3.05, 3.63) is 57.8 Å². The van der Waals surface area contributed by atoms with E-state index in [2.05, 4.69) is 34.9 Å². The number of alkyl halides is 6. The molecule has 3 rings (SSSR count). The quantitative estimate of drug-likeness (QED) is 0.333. The van der Waals surface area contributed by atoms with Gasteiger partial charge in [0.15, 0.2) is 12.2 Å². The largest absolute Gasteiger partial charge is 2.00 e. The molecule has 4 atom stereocenters. The van der Waals surface area contributed by atoms with E-state index >= 15 is 0 Å². The van der Waals surface area contributed by atoms with Crippen molar-refractivity contribution < 1.29 is 63.8 Å². The van der Waals surface area contributed by atoms with Crippen LogP contribution in [0, 0.1) is 0 Å². The summed E-state index contributed by atoms with van der Waals surface area (Å²) in [7, 11) is 0. The standard InChI is InChI=1S/C12H8N2.C5H6F6O2.C5H12O2.Cu/c1-3-9-5-6-10-4-2-8-14-12(10)11(9)13-7-1;6-4(7,8)2(12)1-3(13)5(9,10)11;1-4(6)3-5(2)7;/h1-8H;2-3,12-13H,1H2;4-7H,3H2,1-2H3;/q-2;;;+2. The van der Waals surface area contributed by atoms with Crippen molar-refractivity contribution in [1.29, 1.82) is 0 Å². The van der Waals surface area contributed by atoms with Gasteiger partial charge in [0.1, 0.15) is 0 Å². The minimum Gasteiger partial charge on any atom is -0.665 e. The van der Waals surface area contributed by atoms with E-state index in [-0.39, 0.29) is 29.3 Å². The van der Waals surface area contributed by atoms with E-state index in [1.54, 1.807) is 26.2 Å². The zero-order valence-electron chi connectivity index (χ0n) is 18.6. The summed E-state index contributed by atoms with van der Waals surface area (Å²) < 4.78 is 68.8. The predicted octanol–water partition coefficient (Wildman–Crippen LogP) is 3.67. The SMILES string of the molecule is C1=C[N-]c2c3c(ccc2=C1)=CC=C[N-]3.CC(O)CC(C)O.OC(CC(O)C(F)(F)F)C(F)(F)F.[Cu+2]. The Hall–Kier alpha value is -2.02. The number of hydrogen-bond acceptors (Lipinski definition) is 4. The summed E-state index contributed by atoms with van der Waals surface area (Å²) in [6, 6.07) is 4.15. The van der Waals surface area contributed by atoms with Crippen LogP contribution in [-0.2, 0) is 17.1 Å². The third kappa shape index (κ3) is 12.0. The molecular formula is C22H26CuF6N2O4. The van der Waals surface area contributed by atoms with Crippen LogP contribution in [0.2, 0.25) is 0 Å². The number of halogens is 6. The van der Waals surface area contributed by atoms with Gasteiger partial charge >= 0.3 is 29.4 Å². The molecule has 0 saturated carbocycles. The van der Waals surface area contributed by atoms with E-state index in [0.717, 1.165) is 21.8 Å².